The Morgan fingerprint density at radius 2 is 2.24 bits per heavy atom. The van der Waals surface area contributed by atoms with E-state index in [1.165, 1.54) is 12.8 Å². The number of nitrogens with zero attached hydrogens (tertiary/aromatic N) is 3. The van der Waals surface area contributed by atoms with E-state index in [0.29, 0.717) is 12.3 Å². The van der Waals surface area contributed by atoms with Crippen LogP contribution in [0.25, 0.3) is 0 Å². The molecule has 2 aliphatic rings. The van der Waals surface area contributed by atoms with Gasteiger partial charge in [0.1, 0.15) is 0 Å². The molecule has 4 nitrogen and oxygen atoms in total. The molecule has 0 unspecified atom stereocenters. The summed E-state index contributed by atoms with van der Waals surface area (Å²) >= 11 is 3.34. The molecule has 1 aromatic rings. The monoisotopic (exact) mass is 293 g/mol. The molecular formula is C12H12BrN3O. The van der Waals surface area contributed by atoms with Crippen molar-refractivity contribution in [2.24, 2.45) is 11.0 Å². The van der Waals surface area contributed by atoms with Gasteiger partial charge in [0, 0.05) is 17.2 Å². The van der Waals surface area contributed by atoms with Crippen LogP contribution in [0.15, 0.2) is 27.9 Å². The minimum atomic E-state index is 0.0941. The van der Waals surface area contributed by atoms with Crippen LogP contribution in [0.5, 0.6) is 0 Å². The highest BCUT2D eigenvalue weighted by atomic mass is 79.9. The number of halogens is 1. The molecular weight excluding hydrogens is 282 g/mol. The van der Waals surface area contributed by atoms with Crippen LogP contribution in [0.4, 0.5) is 0 Å². The molecule has 1 amide bonds. The van der Waals surface area contributed by atoms with Gasteiger partial charge in [0.2, 0.25) is 5.91 Å². The van der Waals surface area contributed by atoms with Crippen molar-refractivity contribution in [1.29, 1.82) is 0 Å². The second-order valence-corrected chi connectivity index (χ2v) is 5.42. The Hall–Kier alpha value is -1.23. The van der Waals surface area contributed by atoms with Gasteiger partial charge in [-0.25, -0.2) is 5.01 Å². The molecule has 0 atom stereocenters. The highest BCUT2D eigenvalue weighted by Crippen LogP contribution is 2.31. The number of carbonyl (C=O) groups is 1. The third-order valence-electron chi connectivity index (χ3n) is 3.00. The van der Waals surface area contributed by atoms with E-state index in [-0.39, 0.29) is 5.91 Å². The fourth-order valence-electron chi connectivity index (χ4n) is 1.85. The minimum absolute atomic E-state index is 0.0941. The van der Waals surface area contributed by atoms with Crippen LogP contribution < -0.4 is 0 Å². The molecule has 1 fully saturated rings. The van der Waals surface area contributed by atoms with Crippen LogP contribution in [0.3, 0.4) is 0 Å². The molecule has 1 saturated carbocycles. The van der Waals surface area contributed by atoms with Crippen LogP contribution in [0, 0.1) is 5.92 Å². The van der Waals surface area contributed by atoms with Crippen molar-refractivity contribution in [2.45, 2.75) is 19.3 Å². The van der Waals surface area contributed by atoms with Gasteiger partial charge in [0.05, 0.1) is 17.8 Å². The van der Waals surface area contributed by atoms with Crippen molar-refractivity contribution in [2.75, 3.05) is 6.54 Å². The summed E-state index contributed by atoms with van der Waals surface area (Å²) in [5.41, 5.74) is 1.57. The van der Waals surface area contributed by atoms with E-state index < -0.39 is 0 Å². The first-order chi connectivity index (χ1) is 8.22. The summed E-state index contributed by atoms with van der Waals surface area (Å²) in [5.74, 6) is 0.761. The van der Waals surface area contributed by atoms with E-state index >= 15 is 0 Å². The highest BCUT2D eigenvalue weighted by molar-refractivity contribution is 9.10. The van der Waals surface area contributed by atoms with E-state index in [1.54, 1.807) is 11.2 Å². The Morgan fingerprint density at radius 3 is 2.88 bits per heavy atom. The summed E-state index contributed by atoms with van der Waals surface area (Å²) in [5, 5.41) is 5.98. The van der Waals surface area contributed by atoms with Crippen LogP contribution in [-0.2, 0) is 4.79 Å². The predicted octanol–water partition coefficient (Wildman–Crippen LogP) is 2.19. The smallest absolute Gasteiger partial charge is 0.248 e. The third-order valence-corrected chi connectivity index (χ3v) is 3.47. The van der Waals surface area contributed by atoms with Crippen LogP contribution in [-0.4, -0.2) is 28.2 Å². The second-order valence-electron chi connectivity index (χ2n) is 4.50. The lowest BCUT2D eigenvalue weighted by molar-refractivity contribution is -0.128. The summed E-state index contributed by atoms with van der Waals surface area (Å²) in [6, 6.07) is 3.80. The molecule has 2 heterocycles. The number of aromatic nitrogens is 1. The maximum Gasteiger partial charge on any atom is 0.248 e. The molecule has 1 aromatic heterocycles. The van der Waals surface area contributed by atoms with Crippen molar-refractivity contribution >= 4 is 27.5 Å². The van der Waals surface area contributed by atoms with Gasteiger partial charge in [-0.1, -0.05) is 0 Å². The lowest BCUT2D eigenvalue weighted by Gasteiger charge is -2.09. The van der Waals surface area contributed by atoms with Gasteiger partial charge in [0.25, 0.3) is 0 Å². The fraction of sp³-hybridized carbons (Fsp3) is 0.417. The lowest BCUT2D eigenvalue weighted by Crippen LogP contribution is -2.22. The number of rotatable bonds is 3. The lowest BCUT2D eigenvalue weighted by atomic mass is 10.2. The number of hydrazone groups is 1. The standard InChI is InChI=1S/C12H12BrN3O/c13-9-3-4-10(14-6-9)11-5-12(17)16(15-11)7-8-1-2-8/h3-4,6,8H,1-2,5,7H2. The van der Waals surface area contributed by atoms with Crippen LogP contribution in [0.1, 0.15) is 25.0 Å². The molecule has 1 aliphatic carbocycles. The number of hydrogen-bond acceptors (Lipinski definition) is 3. The largest absolute Gasteiger partial charge is 0.273 e. The number of hydrogen-bond donors (Lipinski definition) is 0. The number of pyridine rings is 1. The maximum absolute atomic E-state index is 11.8. The molecule has 0 spiro atoms. The first-order valence-electron chi connectivity index (χ1n) is 5.72. The summed E-state index contributed by atoms with van der Waals surface area (Å²) in [4.78, 5) is 16.0. The van der Waals surface area contributed by atoms with Crippen molar-refractivity contribution in [1.82, 2.24) is 9.99 Å². The summed E-state index contributed by atoms with van der Waals surface area (Å²) in [7, 11) is 0. The van der Waals surface area contributed by atoms with Gasteiger partial charge in [-0.05, 0) is 46.8 Å². The van der Waals surface area contributed by atoms with Gasteiger partial charge in [-0.15, -0.1) is 0 Å². The Morgan fingerprint density at radius 1 is 1.41 bits per heavy atom. The minimum Gasteiger partial charge on any atom is -0.273 e. The molecule has 5 heteroatoms. The number of amides is 1. The van der Waals surface area contributed by atoms with Gasteiger partial charge in [0.15, 0.2) is 0 Å². The first kappa shape index (κ1) is 10.9. The van der Waals surface area contributed by atoms with E-state index in [2.05, 4.69) is 26.0 Å². The van der Waals surface area contributed by atoms with E-state index in [0.717, 1.165) is 22.4 Å². The summed E-state index contributed by atoms with van der Waals surface area (Å²) in [6.07, 6.45) is 4.56. The molecule has 17 heavy (non-hydrogen) atoms. The molecule has 0 bridgehead atoms. The zero-order chi connectivity index (χ0) is 11.8. The van der Waals surface area contributed by atoms with Gasteiger partial charge < -0.3 is 0 Å². The van der Waals surface area contributed by atoms with Crippen LogP contribution in [0.2, 0.25) is 0 Å². The first-order valence-corrected chi connectivity index (χ1v) is 6.51. The number of carbonyl (C=O) groups excluding carboxylic acids is 1. The molecule has 1 aliphatic heterocycles. The summed E-state index contributed by atoms with van der Waals surface area (Å²) in [6.45, 7) is 0.777. The quantitative estimate of drug-likeness (QED) is 0.858. The van der Waals surface area contributed by atoms with E-state index in [4.69, 9.17) is 0 Å². The van der Waals surface area contributed by atoms with E-state index in [1.807, 2.05) is 12.1 Å². The Labute approximate surface area is 108 Å². The van der Waals surface area contributed by atoms with Crippen molar-refractivity contribution in [3.63, 3.8) is 0 Å². The topological polar surface area (TPSA) is 45.6 Å². The van der Waals surface area contributed by atoms with Crippen LogP contribution >= 0.6 is 15.9 Å². The van der Waals surface area contributed by atoms with Crippen molar-refractivity contribution < 1.29 is 4.79 Å². The zero-order valence-corrected chi connectivity index (χ0v) is 10.9. The second kappa shape index (κ2) is 4.22. The molecule has 0 aromatic carbocycles. The summed E-state index contributed by atoms with van der Waals surface area (Å²) < 4.78 is 0.931. The SMILES string of the molecule is O=C1CC(c2ccc(Br)cn2)=NN1CC1CC1. The third kappa shape index (κ3) is 2.39. The Kier molecular flexibility index (Phi) is 2.70. The molecule has 88 valence electrons. The Bertz CT molecular complexity index is 479. The fourth-order valence-corrected chi connectivity index (χ4v) is 2.08. The zero-order valence-electron chi connectivity index (χ0n) is 9.27. The predicted molar refractivity (Wildman–Crippen MR) is 67.5 cm³/mol. The average molecular weight is 294 g/mol. The normalized spacial score (nSPS) is 19.7. The molecule has 0 radical (unpaired) electrons. The van der Waals surface area contributed by atoms with Crippen molar-refractivity contribution in [3.8, 4) is 0 Å². The molecule has 3 rings (SSSR count). The van der Waals surface area contributed by atoms with Gasteiger partial charge in [-0.3, -0.25) is 9.78 Å². The average Bonchev–Trinajstić information content (AvgIpc) is 3.05. The van der Waals surface area contributed by atoms with Crippen molar-refractivity contribution in [3.05, 3.63) is 28.5 Å². The molecule has 0 saturated heterocycles. The maximum atomic E-state index is 11.8. The molecule has 0 N–H and O–H groups in total. The van der Waals surface area contributed by atoms with Gasteiger partial charge in [-0.2, -0.15) is 5.10 Å². The van der Waals surface area contributed by atoms with E-state index in [9.17, 15) is 4.79 Å². The Balaban J connectivity index is 1.79. The highest BCUT2D eigenvalue weighted by Gasteiger charge is 2.31. The van der Waals surface area contributed by atoms with Gasteiger partial charge >= 0.3 is 0 Å².